The smallest absolute Gasteiger partial charge is 0.0874 e. The molecule has 0 saturated carbocycles. The van der Waals surface area contributed by atoms with E-state index in [1.165, 1.54) is 0 Å². The topological polar surface area (TPSA) is 50.7 Å². The van der Waals surface area contributed by atoms with Crippen LogP contribution in [-0.2, 0) is 0 Å². The molecule has 0 aliphatic heterocycles. The number of nitrogens with two attached hydrogens (primary N) is 1. The quantitative estimate of drug-likeness (QED) is 0.505. The van der Waals surface area contributed by atoms with Crippen LogP contribution in [0.1, 0.15) is 0 Å². The van der Waals surface area contributed by atoms with E-state index in [1.54, 1.807) is 11.8 Å². The zero-order valence-corrected chi connectivity index (χ0v) is 10.4. The number of rotatable bonds is 3. The first kappa shape index (κ1) is 12.0. The Morgan fingerprint density at radius 3 is 1.94 bits per heavy atom. The first-order chi connectivity index (χ1) is 8.28. The van der Waals surface area contributed by atoms with E-state index in [2.05, 4.69) is 10.3 Å². The van der Waals surface area contributed by atoms with Crippen LogP contribution in [0.5, 0.6) is 0 Å². The van der Waals surface area contributed by atoms with E-state index in [4.69, 9.17) is 17.4 Å². The maximum absolute atomic E-state index is 5.83. The van der Waals surface area contributed by atoms with Gasteiger partial charge in [0, 0.05) is 14.8 Å². The maximum Gasteiger partial charge on any atom is 0.0874 e. The van der Waals surface area contributed by atoms with E-state index in [9.17, 15) is 0 Å². The Balaban J connectivity index is 2.11. The molecule has 3 nitrogen and oxygen atoms in total. The lowest BCUT2D eigenvalue weighted by molar-refractivity contribution is 1.06. The van der Waals surface area contributed by atoms with Crippen LogP contribution in [0.2, 0.25) is 5.02 Å². The van der Waals surface area contributed by atoms with Gasteiger partial charge in [0.1, 0.15) is 0 Å². The third kappa shape index (κ3) is 3.47. The number of halogens is 1. The second-order valence-electron chi connectivity index (χ2n) is 3.27. The van der Waals surface area contributed by atoms with Gasteiger partial charge in [-0.1, -0.05) is 28.6 Å². The lowest BCUT2D eigenvalue weighted by Gasteiger charge is -2.01. The summed E-state index contributed by atoms with van der Waals surface area (Å²) in [7, 11) is 0. The van der Waals surface area contributed by atoms with Gasteiger partial charge in [-0.05, 0) is 48.5 Å². The molecule has 86 valence electrons. The molecule has 0 aliphatic rings. The average molecular weight is 264 g/mol. The highest BCUT2D eigenvalue weighted by atomic mass is 35.5. The van der Waals surface area contributed by atoms with Crippen molar-refractivity contribution in [2.45, 2.75) is 9.79 Å². The number of hydrogen-bond donors (Lipinski definition) is 1. The lowest BCUT2D eigenvalue weighted by atomic mass is 10.3. The monoisotopic (exact) mass is 263 g/mol. The standard InChI is InChI=1S/C12H10ClN3S/c13-9-1-5-11(6-2-9)17-12-7-3-10(4-8-12)15-16-14/h1-8H,(H2,14,15). The largest absolute Gasteiger partial charge is 0.305 e. The van der Waals surface area contributed by atoms with Crippen molar-refractivity contribution in [1.29, 1.82) is 0 Å². The van der Waals surface area contributed by atoms with Crippen LogP contribution in [0.3, 0.4) is 0 Å². The molecule has 0 aliphatic carbocycles. The fraction of sp³-hybridized carbons (Fsp3) is 0. The minimum atomic E-state index is 0.743. The summed E-state index contributed by atoms with van der Waals surface area (Å²) in [6.45, 7) is 0. The van der Waals surface area contributed by atoms with Gasteiger partial charge in [0.2, 0.25) is 0 Å². The predicted molar refractivity (Wildman–Crippen MR) is 70.7 cm³/mol. The van der Waals surface area contributed by atoms with Crippen LogP contribution >= 0.6 is 23.4 Å². The van der Waals surface area contributed by atoms with Crippen molar-refractivity contribution in [3.05, 3.63) is 53.6 Å². The second kappa shape index (κ2) is 5.70. The van der Waals surface area contributed by atoms with Crippen LogP contribution in [-0.4, -0.2) is 0 Å². The molecule has 0 heterocycles. The fourth-order valence-electron chi connectivity index (χ4n) is 1.29. The first-order valence-corrected chi connectivity index (χ1v) is 6.12. The van der Waals surface area contributed by atoms with Gasteiger partial charge >= 0.3 is 0 Å². The normalized spacial score (nSPS) is 10.9. The Kier molecular flexibility index (Phi) is 4.01. The van der Waals surface area contributed by atoms with E-state index in [1.807, 2.05) is 48.5 Å². The van der Waals surface area contributed by atoms with Gasteiger partial charge in [0.15, 0.2) is 0 Å². The number of benzene rings is 2. The molecule has 0 radical (unpaired) electrons. The summed E-state index contributed by atoms with van der Waals surface area (Å²) in [5.41, 5.74) is 0.743. The molecule has 2 N–H and O–H groups in total. The summed E-state index contributed by atoms with van der Waals surface area (Å²) >= 11 is 7.49. The Hall–Kier alpha value is -1.52. The van der Waals surface area contributed by atoms with Gasteiger partial charge in [-0.25, -0.2) is 0 Å². The zero-order valence-electron chi connectivity index (χ0n) is 8.88. The van der Waals surface area contributed by atoms with E-state index in [-0.39, 0.29) is 0 Å². The maximum atomic E-state index is 5.83. The average Bonchev–Trinajstić information content (AvgIpc) is 2.35. The van der Waals surface area contributed by atoms with Gasteiger partial charge in [-0.3, -0.25) is 0 Å². The molecule has 2 aromatic rings. The molecule has 0 spiro atoms. The van der Waals surface area contributed by atoms with Crippen molar-refractivity contribution < 1.29 is 0 Å². The number of nitrogens with zero attached hydrogens (tertiary/aromatic N) is 2. The van der Waals surface area contributed by atoms with Crippen LogP contribution in [0, 0.1) is 0 Å². The van der Waals surface area contributed by atoms with E-state index >= 15 is 0 Å². The molecule has 0 fully saturated rings. The SMILES string of the molecule is NN=Nc1ccc(Sc2ccc(Cl)cc2)cc1. The minimum absolute atomic E-state index is 0.743. The first-order valence-electron chi connectivity index (χ1n) is 4.92. The van der Waals surface area contributed by atoms with Crippen molar-refractivity contribution in [2.24, 2.45) is 16.2 Å². The summed E-state index contributed by atoms with van der Waals surface area (Å²) in [6, 6.07) is 15.4. The van der Waals surface area contributed by atoms with Crippen molar-refractivity contribution in [2.75, 3.05) is 0 Å². The van der Waals surface area contributed by atoms with Crippen molar-refractivity contribution >= 4 is 29.1 Å². The van der Waals surface area contributed by atoms with Crippen molar-refractivity contribution in [3.63, 3.8) is 0 Å². The molecule has 17 heavy (non-hydrogen) atoms. The molecular weight excluding hydrogens is 254 g/mol. The Morgan fingerprint density at radius 2 is 1.41 bits per heavy atom. The molecule has 0 amide bonds. The molecule has 0 unspecified atom stereocenters. The summed E-state index contributed by atoms with van der Waals surface area (Å²) < 4.78 is 0. The Bertz CT molecular complexity index is 508. The Morgan fingerprint density at radius 1 is 0.882 bits per heavy atom. The second-order valence-corrected chi connectivity index (χ2v) is 4.85. The van der Waals surface area contributed by atoms with Crippen LogP contribution in [0.15, 0.2) is 68.7 Å². The van der Waals surface area contributed by atoms with Crippen LogP contribution in [0.25, 0.3) is 0 Å². The molecule has 5 heteroatoms. The van der Waals surface area contributed by atoms with Crippen molar-refractivity contribution in [1.82, 2.24) is 0 Å². The van der Waals surface area contributed by atoms with Gasteiger partial charge in [0.05, 0.1) is 5.69 Å². The van der Waals surface area contributed by atoms with Gasteiger partial charge in [0.25, 0.3) is 0 Å². The van der Waals surface area contributed by atoms with Gasteiger partial charge < -0.3 is 5.84 Å². The number of hydrogen-bond acceptors (Lipinski definition) is 3. The molecule has 0 bridgehead atoms. The molecule has 0 aromatic heterocycles. The summed E-state index contributed by atoms with van der Waals surface area (Å²) in [4.78, 5) is 2.27. The van der Waals surface area contributed by atoms with Crippen LogP contribution < -0.4 is 5.84 Å². The molecule has 2 rings (SSSR count). The highest BCUT2D eigenvalue weighted by molar-refractivity contribution is 7.99. The summed E-state index contributed by atoms with van der Waals surface area (Å²) in [5.74, 6) is 4.98. The molecule has 2 aromatic carbocycles. The van der Waals surface area contributed by atoms with E-state index in [0.29, 0.717) is 0 Å². The zero-order chi connectivity index (χ0) is 12.1. The molecule has 0 saturated heterocycles. The van der Waals surface area contributed by atoms with E-state index in [0.717, 1.165) is 20.5 Å². The van der Waals surface area contributed by atoms with E-state index < -0.39 is 0 Å². The van der Waals surface area contributed by atoms with Crippen LogP contribution in [0.4, 0.5) is 5.69 Å². The van der Waals surface area contributed by atoms with Gasteiger partial charge in [-0.2, -0.15) is 0 Å². The highest BCUT2D eigenvalue weighted by Crippen LogP contribution is 2.29. The lowest BCUT2D eigenvalue weighted by Crippen LogP contribution is -1.75. The van der Waals surface area contributed by atoms with Gasteiger partial charge in [-0.15, -0.1) is 5.11 Å². The van der Waals surface area contributed by atoms with Crippen molar-refractivity contribution in [3.8, 4) is 0 Å². The molecule has 0 atom stereocenters. The highest BCUT2D eigenvalue weighted by Gasteiger charge is 1.98. The predicted octanol–water partition coefficient (Wildman–Crippen LogP) is 4.45. The summed E-state index contributed by atoms with van der Waals surface area (Å²) in [5, 5.41) is 7.72. The Labute approximate surface area is 109 Å². The third-order valence-electron chi connectivity index (χ3n) is 2.06. The third-order valence-corrected chi connectivity index (χ3v) is 3.33. The summed E-state index contributed by atoms with van der Waals surface area (Å²) in [6.07, 6.45) is 0. The molecular formula is C12H10ClN3S. The minimum Gasteiger partial charge on any atom is -0.305 e. The fourth-order valence-corrected chi connectivity index (χ4v) is 2.23.